The lowest BCUT2D eigenvalue weighted by Gasteiger charge is -2.42. The van der Waals surface area contributed by atoms with Crippen molar-refractivity contribution in [1.82, 2.24) is 18.9 Å². The number of piperidine rings is 1. The first kappa shape index (κ1) is 29.5. The predicted molar refractivity (Wildman–Crippen MR) is 165 cm³/mol. The Balaban J connectivity index is 1.09. The van der Waals surface area contributed by atoms with Gasteiger partial charge >= 0.3 is 5.69 Å². The Morgan fingerprint density at radius 3 is 2.58 bits per heavy atom. The summed E-state index contributed by atoms with van der Waals surface area (Å²) in [5.74, 6) is 0.967. The lowest BCUT2D eigenvalue weighted by Crippen LogP contribution is -2.45. The van der Waals surface area contributed by atoms with E-state index in [1.165, 1.54) is 0 Å². The predicted octanol–water partition coefficient (Wildman–Crippen LogP) is 4.30. The lowest BCUT2D eigenvalue weighted by molar-refractivity contribution is -0.134. The minimum Gasteiger partial charge on any atom is -0.493 e. The molecule has 9 nitrogen and oxygen atoms in total. The van der Waals surface area contributed by atoms with Gasteiger partial charge in [-0.3, -0.25) is 18.7 Å². The zero-order valence-corrected chi connectivity index (χ0v) is 25.6. The molecule has 9 heteroatoms. The maximum atomic E-state index is 13.3. The van der Waals surface area contributed by atoms with Crippen molar-refractivity contribution in [3.63, 3.8) is 0 Å². The molecule has 230 valence electrons. The molecule has 2 aromatic carbocycles. The number of rotatable bonds is 3. The van der Waals surface area contributed by atoms with Crippen molar-refractivity contribution in [2.45, 2.75) is 63.8 Å². The fourth-order valence-electron chi connectivity index (χ4n) is 7.14. The van der Waals surface area contributed by atoms with Crippen LogP contribution < -0.4 is 10.4 Å². The summed E-state index contributed by atoms with van der Waals surface area (Å²) >= 11 is 0. The largest absolute Gasteiger partial charge is 0.493 e. The van der Waals surface area contributed by atoms with Gasteiger partial charge in [-0.15, -0.1) is 0 Å². The van der Waals surface area contributed by atoms with E-state index in [9.17, 15) is 14.4 Å². The molecular formula is C34H44N4O5. The van der Waals surface area contributed by atoms with E-state index in [4.69, 9.17) is 9.47 Å². The van der Waals surface area contributed by atoms with Crippen LogP contribution in [-0.4, -0.2) is 76.2 Å². The van der Waals surface area contributed by atoms with Gasteiger partial charge in [-0.05, 0) is 80.8 Å². The van der Waals surface area contributed by atoms with E-state index in [1.54, 1.807) is 23.2 Å². The fraction of sp³-hybridized carbons (Fsp3) is 0.559. The van der Waals surface area contributed by atoms with Crippen molar-refractivity contribution in [3.05, 3.63) is 64.1 Å². The summed E-state index contributed by atoms with van der Waals surface area (Å²) in [5, 5.41) is 0. The second kappa shape index (κ2) is 12.6. The molecule has 2 saturated heterocycles. The Morgan fingerprint density at radius 1 is 0.930 bits per heavy atom. The summed E-state index contributed by atoms with van der Waals surface area (Å²) < 4.78 is 15.8. The average molecular weight is 589 g/mol. The van der Waals surface area contributed by atoms with Crippen LogP contribution in [0.4, 0.5) is 0 Å². The molecule has 43 heavy (non-hydrogen) atoms. The normalized spacial score (nSPS) is 21.3. The fourth-order valence-corrected chi connectivity index (χ4v) is 7.14. The molecule has 0 saturated carbocycles. The van der Waals surface area contributed by atoms with Crippen molar-refractivity contribution >= 4 is 22.8 Å². The van der Waals surface area contributed by atoms with Gasteiger partial charge in [-0.25, -0.2) is 4.79 Å². The van der Waals surface area contributed by atoms with Crippen molar-refractivity contribution in [3.8, 4) is 5.75 Å². The van der Waals surface area contributed by atoms with E-state index in [0.717, 1.165) is 86.9 Å². The Hall–Kier alpha value is -3.59. The number of aromatic nitrogens is 2. The van der Waals surface area contributed by atoms with Gasteiger partial charge in [0.25, 0.3) is 5.91 Å². The van der Waals surface area contributed by atoms with Gasteiger partial charge in [0.15, 0.2) is 0 Å². The molecule has 0 N–H and O–H groups in total. The smallest absolute Gasteiger partial charge is 0.328 e. The van der Waals surface area contributed by atoms with Crippen LogP contribution in [0.1, 0.15) is 67.3 Å². The van der Waals surface area contributed by atoms with Gasteiger partial charge in [0.2, 0.25) is 5.91 Å². The third-order valence-electron chi connectivity index (χ3n) is 9.96. The van der Waals surface area contributed by atoms with Crippen LogP contribution in [0.25, 0.3) is 11.0 Å². The number of carbonyl (C=O) groups excluding carboxylic acids is 2. The van der Waals surface area contributed by atoms with Crippen LogP contribution in [0.5, 0.6) is 5.75 Å². The molecule has 2 bridgehead atoms. The summed E-state index contributed by atoms with van der Waals surface area (Å²) in [4.78, 5) is 42.8. The zero-order valence-electron chi connectivity index (χ0n) is 25.6. The first-order valence-corrected chi connectivity index (χ1v) is 15.9. The number of aryl methyl sites for hydroxylation is 3. The standard InChI is InChI=1S/C34H44N4O5/c1-35-29-12-10-25(21-30(29)36(2)33(35)41)11-13-31(39)37-18-15-34(16-19-37)14-3-4-20-42-23-27-8-6-17-38(27)32(40)26-7-5-9-28(22-26)43-24-34/h5,7,9-10,12,21-22,27H,3-4,6,8,11,13-20,23-24H2,1-2H3/t27-/m0/s1. The number of fused-ring (bicyclic) bond motifs is 4. The van der Waals surface area contributed by atoms with Gasteiger partial charge in [-0.1, -0.05) is 18.6 Å². The molecular weight excluding hydrogens is 544 g/mol. The summed E-state index contributed by atoms with van der Waals surface area (Å²) in [6, 6.07) is 13.8. The summed E-state index contributed by atoms with van der Waals surface area (Å²) in [6.07, 6.45) is 7.96. The van der Waals surface area contributed by atoms with Gasteiger partial charge in [0.05, 0.1) is 30.3 Å². The van der Waals surface area contributed by atoms with Crippen LogP contribution in [-0.2, 0) is 30.0 Å². The summed E-state index contributed by atoms with van der Waals surface area (Å²) in [5.41, 5.74) is 3.46. The number of ether oxygens (including phenoxy) is 2. The third kappa shape index (κ3) is 6.23. The number of nitrogens with zero attached hydrogens (tertiary/aromatic N) is 4. The molecule has 2 fully saturated rings. The minimum atomic E-state index is -0.0447. The van der Waals surface area contributed by atoms with Gasteiger partial charge in [-0.2, -0.15) is 0 Å². The van der Waals surface area contributed by atoms with Crippen LogP contribution in [0.2, 0.25) is 0 Å². The number of hydrogen-bond acceptors (Lipinski definition) is 5. The Labute approximate surface area is 253 Å². The zero-order chi connectivity index (χ0) is 30.0. The van der Waals surface area contributed by atoms with Gasteiger partial charge < -0.3 is 19.3 Å². The van der Waals surface area contributed by atoms with Crippen molar-refractivity contribution in [1.29, 1.82) is 0 Å². The molecule has 3 aliphatic heterocycles. The first-order chi connectivity index (χ1) is 20.8. The molecule has 0 aliphatic carbocycles. The Morgan fingerprint density at radius 2 is 1.74 bits per heavy atom. The quantitative estimate of drug-likeness (QED) is 0.456. The average Bonchev–Trinajstić information content (AvgIpc) is 3.59. The highest BCUT2D eigenvalue weighted by Crippen LogP contribution is 2.38. The second-order valence-electron chi connectivity index (χ2n) is 12.7. The van der Waals surface area contributed by atoms with Crippen LogP contribution in [0, 0.1) is 5.41 Å². The van der Waals surface area contributed by atoms with Gasteiger partial charge in [0, 0.05) is 57.7 Å². The van der Waals surface area contributed by atoms with E-state index in [-0.39, 0.29) is 29.0 Å². The van der Waals surface area contributed by atoms with Crippen molar-refractivity contribution < 1.29 is 19.1 Å². The molecule has 1 aromatic heterocycles. The molecule has 2 amide bonds. The summed E-state index contributed by atoms with van der Waals surface area (Å²) in [7, 11) is 3.56. The van der Waals surface area contributed by atoms with E-state index in [0.29, 0.717) is 38.2 Å². The maximum Gasteiger partial charge on any atom is 0.328 e. The van der Waals surface area contributed by atoms with Gasteiger partial charge in [0.1, 0.15) is 5.75 Å². The molecule has 6 rings (SSSR count). The lowest BCUT2D eigenvalue weighted by atomic mass is 9.75. The number of benzene rings is 2. The van der Waals surface area contributed by atoms with Crippen LogP contribution >= 0.6 is 0 Å². The SMILES string of the molecule is Cn1c(=O)n(C)c2cc(CCC(=O)N3CCC4(CCCCOC[C@@H]5CCCN5C(=O)c5cccc(c5)OC4)CC3)ccc21. The van der Waals surface area contributed by atoms with E-state index in [1.807, 2.05) is 52.3 Å². The summed E-state index contributed by atoms with van der Waals surface area (Å²) in [6.45, 7) is 4.10. The maximum absolute atomic E-state index is 13.3. The molecule has 1 spiro atoms. The van der Waals surface area contributed by atoms with Crippen molar-refractivity contribution in [2.24, 2.45) is 19.5 Å². The van der Waals surface area contributed by atoms with Crippen molar-refractivity contribution in [2.75, 3.05) is 39.5 Å². The monoisotopic (exact) mass is 588 g/mol. The number of carbonyl (C=O) groups is 2. The Bertz CT molecular complexity index is 1530. The second-order valence-corrected chi connectivity index (χ2v) is 12.7. The number of amides is 2. The third-order valence-corrected chi connectivity index (χ3v) is 9.96. The number of likely N-dealkylation sites (tertiary alicyclic amines) is 1. The molecule has 3 aromatic rings. The molecule has 4 heterocycles. The number of hydrogen-bond donors (Lipinski definition) is 0. The minimum absolute atomic E-state index is 0.0138. The highest BCUT2D eigenvalue weighted by atomic mass is 16.5. The topological polar surface area (TPSA) is 86.0 Å². The highest BCUT2D eigenvalue weighted by Gasteiger charge is 2.37. The Kier molecular flexibility index (Phi) is 8.61. The number of imidazole rings is 1. The van der Waals surface area contributed by atoms with E-state index in [2.05, 4.69) is 0 Å². The van der Waals surface area contributed by atoms with Crippen LogP contribution in [0.3, 0.4) is 0 Å². The highest BCUT2D eigenvalue weighted by molar-refractivity contribution is 5.95. The van der Waals surface area contributed by atoms with E-state index >= 15 is 0 Å². The molecule has 1 atom stereocenters. The van der Waals surface area contributed by atoms with Crippen LogP contribution in [0.15, 0.2) is 47.3 Å². The first-order valence-electron chi connectivity index (χ1n) is 15.9. The van der Waals surface area contributed by atoms with E-state index < -0.39 is 0 Å². The molecule has 0 unspecified atom stereocenters. The molecule has 0 radical (unpaired) electrons. The molecule has 3 aliphatic rings.